The number of carbonyl (C=O) groups excluding carboxylic acids is 3. The van der Waals surface area contributed by atoms with Gasteiger partial charge in [-0.1, -0.05) is 38.5 Å². The molecule has 0 fully saturated rings. The second-order valence-corrected chi connectivity index (χ2v) is 9.11. The van der Waals surface area contributed by atoms with Gasteiger partial charge in [0.05, 0.1) is 31.8 Å². The van der Waals surface area contributed by atoms with Crippen LogP contribution in [0.4, 0.5) is 0 Å². The molecular weight excluding hydrogens is 462 g/mol. The summed E-state index contributed by atoms with van der Waals surface area (Å²) in [5, 5.41) is 3.27. The molecule has 0 saturated heterocycles. The van der Waals surface area contributed by atoms with Crippen LogP contribution >= 0.6 is 0 Å². The number of para-hydroxylation sites is 1. The fraction of sp³-hybridized carbons (Fsp3) is 0.536. The number of nitrogens with one attached hydrogen (secondary N) is 1. The number of carbonyl (C=O) groups is 3. The van der Waals surface area contributed by atoms with Gasteiger partial charge in [0.1, 0.15) is 18.3 Å². The van der Waals surface area contributed by atoms with Crippen molar-refractivity contribution in [2.75, 3.05) is 33.5 Å². The van der Waals surface area contributed by atoms with E-state index in [9.17, 15) is 14.4 Å². The van der Waals surface area contributed by atoms with E-state index < -0.39 is 23.8 Å². The Hall–Kier alpha value is -3.13. The zero-order valence-electron chi connectivity index (χ0n) is 21.8. The van der Waals surface area contributed by atoms with E-state index in [1.54, 1.807) is 6.92 Å². The van der Waals surface area contributed by atoms with Crippen LogP contribution in [0.15, 0.2) is 46.8 Å². The average molecular weight is 500 g/mol. The van der Waals surface area contributed by atoms with Crippen LogP contribution in [0.2, 0.25) is 0 Å². The van der Waals surface area contributed by atoms with Crippen molar-refractivity contribution >= 4 is 17.7 Å². The first-order valence-corrected chi connectivity index (χ1v) is 12.6. The number of methoxy groups -OCH3 is 1. The van der Waals surface area contributed by atoms with E-state index in [0.29, 0.717) is 53.5 Å². The number of esters is 2. The minimum Gasteiger partial charge on any atom is -0.493 e. The number of rotatable bonds is 11. The third kappa shape index (κ3) is 5.81. The van der Waals surface area contributed by atoms with Crippen LogP contribution in [0.5, 0.6) is 5.75 Å². The lowest BCUT2D eigenvalue weighted by atomic mass is 9.69. The number of hydrogen-bond donors (Lipinski definition) is 1. The topological polar surface area (TPSA) is 100 Å². The van der Waals surface area contributed by atoms with E-state index in [4.69, 9.17) is 18.9 Å². The highest BCUT2D eigenvalue weighted by Crippen LogP contribution is 2.47. The molecule has 2 aliphatic rings. The molecule has 0 aromatic heterocycles. The lowest BCUT2D eigenvalue weighted by molar-refractivity contribution is -0.151. The largest absolute Gasteiger partial charge is 0.493 e. The van der Waals surface area contributed by atoms with Crippen molar-refractivity contribution in [2.45, 2.75) is 52.9 Å². The van der Waals surface area contributed by atoms with Crippen LogP contribution in [-0.4, -0.2) is 51.3 Å². The molecule has 0 unspecified atom stereocenters. The van der Waals surface area contributed by atoms with Crippen molar-refractivity contribution in [3.63, 3.8) is 0 Å². The number of dihydropyridines is 1. The highest BCUT2D eigenvalue weighted by molar-refractivity contribution is 6.12. The molecule has 1 aromatic rings. The summed E-state index contributed by atoms with van der Waals surface area (Å²) in [5.74, 6) is -2.80. The Morgan fingerprint density at radius 3 is 2.56 bits per heavy atom. The van der Waals surface area contributed by atoms with Gasteiger partial charge in [-0.3, -0.25) is 9.59 Å². The molecule has 0 spiro atoms. The quantitative estimate of drug-likeness (QED) is 0.276. The molecular formula is C28H37NO7. The van der Waals surface area contributed by atoms with Crippen LogP contribution in [0.1, 0.15) is 58.4 Å². The molecule has 196 valence electrons. The van der Waals surface area contributed by atoms with Gasteiger partial charge < -0.3 is 24.3 Å². The van der Waals surface area contributed by atoms with Crippen LogP contribution in [0, 0.1) is 11.8 Å². The van der Waals surface area contributed by atoms with Gasteiger partial charge in [0.15, 0.2) is 5.78 Å². The molecule has 1 N–H and O–H groups in total. The van der Waals surface area contributed by atoms with Crippen LogP contribution in [-0.2, 0) is 28.6 Å². The summed E-state index contributed by atoms with van der Waals surface area (Å²) in [5.41, 5.74) is 2.72. The van der Waals surface area contributed by atoms with Gasteiger partial charge >= 0.3 is 11.9 Å². The Morgan fingerprint density at radius 2 is 1.86 bits per heavy atom. The number of ether oxygens (including phenoxy) is 4. The van der Waals surface area contributed by atoms with Crippen molar-refractivity contribution < 1.29 is 33.3 Å². The smallest absolute Gasteiger partial charge is 0.336 e. The van der Waals surface area contributed by atoms with Crippen LogP contribution in [0.3, 0.4) is 0 Å². The van der Waals surface area contributed by atoms with E-state index in [1.165, 1.54) is 7.11 Å². The van der Waals surface area contributed by atoms with Gasteiger partial charge in [0.25, 0.3) is 0 Å². The SMILES string of the molecule is CCCCOc1ccccc1[C@@H]1C(C(=O)OCCOCC)=C(C)NC2=C1C(=O)[C@H](C(=O)OC)[C@@H](C)C2. The molecule has 1 aromatic carbocycles. The van der Waals surface area contributed by atoms with E-state index in [1.807, 2.05) is 38.1 Å². The van der Waals surface area contributed by atoms with Crippen molar-refractivity contribution in [3.05, 3.63) is 52.4 Å². The Kier molecular flexibility index (Phi) is 9.70. The lowest BCUT2D eigenvalue weighted by Gasteiger charge is -2.38. The second-order valence-electron chi connectivity index (χ2n) is 9.11. The molecule has 8 heteroatoms. The zero-order chi connectivity index (χ0) is 26.2. The zero-order valence-corrected chi connectivity index (χ0v) is 21.8. The fourth-order valence-electron chi connectivity index (χ4n) is 4.85. The predicted molar refractivity (Wildman–Crippen MR) is 134 cm³/mol. The number of Topliss-reactive ketones (excluding diaryl/α,β-unsaturated/α-hetero) is 1. The third-order valence-electron chi connectivity index (χ3n) is 6.61. The van der Waals surface area contributed by atoms with Crippen molar-refractivity contribution in [3.8, 4) is 5.75 Å². The molecule has 0 bridgehead atoms. The van der Waals surface area contributed by atoms with Crippen molar-refractivity contribution in [1.29, 1.82) is 0 Å². The molecule has 1 aliphatic heterocycles. The Balaban J connectivity index is 2.11. The monoisotopic (exact) mass is 499 g/mol. The maximum absolute atomic E-state index is 13.9. The minimum atomic E-state index is -0.945. The fourth-order valence-corrected chi connectivity index (χ4v) is 4.85. The molecule has 1 heterocycles. The summed E-state index contributed by atoms with van der Waals surface area (Å²) < 4.78 is 21.9. The molecule has 0 amide bonds. The molecule has 1 aliphatic carbocycles. The normalized spacial score (nSPS) is 21.6. The van der Waals surface area contributed by atoms with Crippen molar-refractivity contribution in [2.24, 2.45) is 11.8 Å². The van der Waals surface area contributed by atoms with E-state index in [2.05, 4.69) is 12.2 Å². The predicted octanol–water partition coefficient (Wildman–Crippen LogP) is 4.06. The Labute approximate surface area is 213 Å². The first-order chi connectivity index (χ1) is 17.3. The molecule has 3 atom stereocenters. The number of hydrogen-bond acceptors (Lipinski definition) is 8. The first kappa shape index (κ1) is 27.5. The average Bonchev–Trinajstić information content (AvgIpc) is 2.86. The summed E-state index contributed by atoms with van der Waals surface area (Å²) in [7, 11) is 1.28. The molecule has 3 rings (SSSR count). The standard InChI is InChI=1S/C28H37NO7/c1-6-8-13-35-21-12-10-9-11-19(21)24-23(28(32)36-15-14-34-7-2)18(4)29-20-16-17(3)22(27(31)33-5)26(30)25(20)24/h9-12,17,22,24,29H,6-8,13-16H2,1-5H3/t17-,22+,24+/m0/s1. The maximum Gasteiger partial charge on any atom is 0.336 e. The summed E-state index contributed by atoms with van der Waals surface area (Å²) in [6.45, 7) is 9.00. The first-order valence-electron chi connectivity index (χ1n) is 12.6. The van der Waals surface area contributed by atoms with Crippen LogP contribution < -0.4 is 10.1 Å². The van der Waals surface area contributed by atoms with Crippen LogP contribution in [0.25, 0.3) is 0 Å². The highest BCUT2D eigenvalue weighted by atomic mass is 16.6. The van der Waals surface area contributed by atoms with E-state index >= 15 is 0 Å². The van der Waals surface area contributed by atoms with E-state index in [-0.39, 0.29) is 24.9 Å². The lowest BCUT2D eigenvalue weighted by Crippen LogP contribution is -2.43. The summed E-state index contributed by atoms with van der Waals surface area (Å²) in [4.78, 5) is 39.9. The Bertz CT molecular complexity index is 1040. The molecule has 0 radical (unpaired) electrons. The van der Waals surface area contributed by atoms with Gasteiger partial charge in [-0.2, -0.15) is 0 Å². The summed E-state index contributed by atoms with van der Waals surface area (Å²) in [6.07, 6.45) is 2.31. The van der Waals surface area contributed by atoms with Gasteiger partial charge in [-0.15, -0.1) is 0 Å². The van der Waals surface area contributed by atoms with Gasteiger partial charge in [-0.25, -0.2) is 4.79 Å². The summed E-state index contributed by atoms with van der Waals surface area (Å²) in [6, 6.07) is 7.42. The van der Waals surface area contributed by atoms with Gasteiger partial charge in [0.2, 0.25) is 0 Å². The van der Waals surface area contributed by atoms with E-state index in [0.717, 1.165) is 12.8 Å². The number of benzene rings is 1. The third-order valence-corrected chi connectivity index (χ3v) is 6.61. The number of ketones is 1. The molecule has 8 nitrogen and oxygen atoms in total. The minimum absolute atomic E-state index is 0.0898. The summed E-state index contributed by atoms with van der Waals surface area (Å²) >= 11 is 0. The van der Waals surface area contributed by atoms with Gasteiger partial charge in [-0.05, 0) is 38.7 Å². The Morgan fingerprint density at radius 1 is 1.11 bits per heavy atom. The number of unbranched alkanes of at least 4 members (excludes halogenated alkanes) is 1. The van der Waals surface area contributed by atoms with Crippen molar-refractivity contribution in [1.82, 2.24) is 5.32 Å². The second kappa shape index (κ2) is 12.7. The molecule has 0 saturated carbocycles. The maximum atomic E-state index is 13.9. The number of allylic oxidation sites excluding steroid dienone is 3. The van der Waals surface area contributed by atoms with Gasteiger partial charge in [0, 0.05) is 29.1 Å². The molecule has 36 heavy (non-hydrogen) atoms. The highest BCUT2D eigenvalue weighted by Gasteiger charge is 2.47.